The zero-order valence-corrected chi connectivity index (χ0v) is 15.3. The van der Waals surface area contributed by atoms with Gasteiger partial charge in [0.15, 0.2) is 11.1 Å². The molecule has 5 nitrogen and oxygen atoms in total. The Bertz CT molecular complexity index is 1060. The molecule has 0 radical (unpaired) electrons. The number of oxazole rings is 1. The number of rotatable bonds is 5. The fourth-order valence-corrected chi connectivity index (χ4v) is 2.84. The summed E-state index contributed by atoms with van der Waals surface area (Å²) in [6.07, 6.45) is 0. The number of hydrogen-bond acceptors (Lipinski definition) is 5. The Morgan fingerprint density at radius 2 is 1.81 bits per heavy atom. The van der Waals surface area contributed by atoms with Crippen molar-refractivity contribution in [2.45, 2.75) is 0 Å². The van der Waals surface area contributed by atoms with E-state index < -0.39 is 0 Å². The predicted octanol–water partition coefficient (Wildman–Crippen LogP) is 4.64. The molecule has 0 aliphatic heterocycles. The number of hydrogen-bond donors (Lipinski definition) is 0. The normalized spacial score (nSPS) is 11.5. The molecule has 0 fully saturated rings. The molecule has 0 saturated carbocycles. The van der Waals surface area contributed by atoms with Crippen molar-refractivity contribution in [2.24, 2.45) is 0 Å². The first kappa shape index (κ1) is 16.8. The third kappa shape index (κ3) is 3.23. The average molecular weight is 368 g/mol. The minimum absolute atomic E-state index is 0.490. The summed E-state index contributed by atoms with van der Waals surface area (Å²) in [6.45, 7) is 1.31. The Kier molecular flexibility index (Phi) is 4.49. The van der Waals surface area contributed by atoms with E-state index >= 15 is 0 Å². The topological polar surface area (TPSA) is 51.4 Å². The summed E-state index contributed by atoms with van der Waals surface area (Å²) in [7, 11) is 4.00. The first-order valence-corrected chi connectivity index (χ1v) is 8.72. The number of pyridine rings is 1. The van der Waals surface area contributed by atoms with E-state index in [-0.39, 0.29) is 0 Å². The van der Waals surface area contributed by atoms with Gasteiger partial charge < -0.3 is 14.1 Å². The van der Waals surface area contributed by atoms with Crippen LogP contribution in [0, 0.1) is 0 Å². The van der Waals surface area contributed by atoms with Crippen LogP contribution in [0.15, 0.2) is 52.9 Å². The van der Waals surface area contributed by atoms with Crippen molar-refractivity contribution in [3.8, 4) is 17.3 Å². The number of halogens is 1. The highest BCUT2D eigenvalue weighted by Gasteiger charge is 2.17. The van der Waals surface area contributed by atoms with Crippen LogP contribution in [0.25, 0.3) is 33.5 Å². The maximum absolute atomic E-state index is 6.09. The molecule has 0 amide bonds. The van der Waals surface area contributed by atoms with E-state index in [9.17, 15) is 0 Å². The number of fused-ring (bicyclic) bond motifs is 3. The summed E-state index contributed by atoms with van der Waals surface area (Å²) in [5.74, 6) is 1.01. The molecular formula is C20H18ClN3O2. The average Bonchev–Trinajstić information content (AvgIpc) is 3.08. The molecule has 0 saturated heterocycles. The standard InChI is InChI=1S/C20H18ClN3O2/c1-24(2)11-12-25-20-17-18(15-5-3-4-6-16(15)22-20)26-19(23-17)13-7-9-14(21)10-8-13/h3-10H,11-12H2,1-2H3. The Balaban J connectivity index is 1.85. The van der Waals surface area contributed by atoms with Crippen molar-refractivity contribution in [3.63, 3.8) is 0 Å². The molecule has 2 aromatic heterocycles. The maximum Gasteiger partial charge on any atom is 0.244 e. The number of para-hydroxylation sites is 1. The molecule has 0 unspecified atom stereocenters. The van der Waals surface area contributed by atoms with Gasteiger partial charge >= 0.3 is 0 Å². The maximum atomic E-state index is 6.09. The zero-order valence-electron chi connectivity index (χ0n) is 14.6. The van der Waals surface area contributed by atoms with Gasteiger partial charge in [-0.25, -0.2) is 9.97 Å². The number of benzene rings is 2. The van der Waals surface area contributed by atoms with Crippen molar-refractivity contribution in [3.05, 3.63) is 53.6 Å². The van der Waals surface area contributed by atoms with Crippen molar-refractivity contribution in [1.29, 1.82) is 0 Å². The van der Waals surface area contributed by atoms with Gasteiger partial charge in [0.1, 0.15) is 6.61 Å². The lowest BCUT2D eigenvalue weighted by molar-refractivity contribution is 0.256. The summed E-state index contributed by atoms with van der Waals surface area (Å²) < 4.78 is 12.0. The molecule has 0 spiro atoms. The van der Waals surface area contributed by atoms with Crippen LogP contribution in [0.1, 0.15) is 0 Å². The van der Waals surface area contributed by atoms with E-state index in [1.807, 2.05) is 62.6 Å². The molecule has 2 heterocycles. The smallest absolute Gasteiger partial charge is 0.244 e. The second kappa shape index (κ2) is 6.94. The fraction of sp³-hybridized carbons (Fsp3) is 0.200. The van der Waals surface area contributed by atoms with E-state index in [2.05, 4.69) is 14.9 Å². The van der Waals surface area contributed by atoms with E-state index in [4.69, 9.17) is 20.8 Å². The first-order chi connectivity index (χ1) is 12.6. The molecule has 0 aliphatic rings. The van der Waals surface area contributed by atoms with Crippen LogP contribution in [0.2, 0.25) is 5.02 Å². The van der Waals surface area contributed by atoms with Crippen molar-refractivity contribution in [2.75, 3.05) is 27.2 Å². The summed E-state index contributed by atoms with van der Waals surface area (Å²) in [5, 5.41) is 1.58. The van der Waals surface area contributed by atoms with Crippen LogP contribution >= 0.6 is 11.6 Å². The van der Waals surface area contributed by atoms with Crippen LogP contribution < -0.4 is 4.74 Å². The monoisotopic (exact) mass is 367 g/mol. The number of nitrogens with zero attached hydrogens (tertiary/aromatic N) is 3. The summed E-state index contributed by atoms with van der Waals surface area (Å²) in [4.78, 5) is 11.3. The second-order valence-corrected chi connectivity index (χ2v) is 6.73. The van der Waals surface area contributed by atoms with Gasteiger partial charge in [-0.2, -0.15) is 0 Å². The van der Waals surface area contributed by atoms with Gasteiger partial charge in [0.25, 0.3) is 0 Å². The summed E-state index contributed by atoms with van der Waals surface area (Å²) in [6, 6.07) is 15.2. The van der Waals surface area contributed by atoms with Gasteiger partial charge in [-0.3, -0.25) is 0 Å². The van der Waals surface area contributed by atoms with Crippen LogP contribution in [0.5, 0.6) is 5.88 Å². The van der Waals surface area contributed by atoms with Crippen molar-refractivity contribution < 1.29 is 9.15 Å². The Morgan fingerprint density at radius 1 is 1.04 bits per heavy atom. The van der Waals surface area contributed by atoms with E-state index in [1.165, 1.54) is 0 Å². The quantitative estimate of drug-likeness (QED) is 0.514. The highest BCUT2D eigenvalue weighted by atomic mass is 35.5. The molecule has 26 heavy (non-hydrogen) atoms. The first-order valence-electron chi connectivity index (χ1n) is 8.34. The molecule has 2 aromatic carbocycles. The number of ether oxygens (including phenoxy) is 1. The molecule has 0 aliphatic carbocycles. The van der Waals surface area contributed by atoms with Crippen LogP contribution in [-0.2, 0) is 0 Å². The highest BCUT2D eigenvalue weighted by molar-refractivity contribution is 6.30. The molecule has 0 bridgehead atoms. The molecule has 0 N–H and O–H groups in total. The lowest BCUT2D eigenvalue weighted by atomic mass is 10.2. The SMILES string of the molecule is CN(C)CCOc1nc2ccccc2c2oc(-c3ccc(Cl)cc3)nc12. The van der Waals surface area contributed by atoms with Gasteiger partial charge in [0.05, 0.1) is 5.52 Å². The molecule has 0 atom stereocenters. The molecule has 4 aromatic rings. The van der Waals surface area contributed by atoms with E-state index in [0.717, 1.165) is 23.0 Å². The van der Waals surface area contributed by atoms with Gasteiger partial charge in [-0.1, -0.05) is 23.7 Å². The largest absolute Gasteiger partial charge is 0.475 e. The molecular weight excluding hydrogens is 350 g/mol. The zero-order chi connectivity index (χ0) is 18.1. The summed E-state index contributed by atoms with van der Waals surface area (Å²) in [5.41, 5.74) is 2.99. The van der Waals surface area contributed by atoms with Crippen LogP contribution in [0.3, 0.4) is 0 Å². The van der Waals surface area contributed by atoms with Gasteiger partial charge in [0, 0.05) is 22.5 Å². The lowest BCUT2D eigenvalue weighted by Crippen LogP contribution is -2.19. The van der Waals surface area contributed by atoms with Crippen molar-refractivity contribution >= 4 is 33.6 Å². The van der Waals surface area contributed by atoms with Gasteiger partial charge in [-0.05, 0) is 50.5 Å². The highest BCUT2D eigenvalue weighted by Crippen LogP contribution is 2.34. The van der Waals surface area contributed by atoms with Crippen LogP contribution in [-0.4, -0.2) is 42.1 Å². The van der Waals surface area contributed by atoms with E-state index in [1.54, 1.807) is 0 Å². The molecule has 132 valence electrons. The van der Waals surface area contributed by atoms with Gasteiger partial charge in [0.2, 0.25) is 11.8 Å². The minimum Gasteiger partial charge on any atom is -0.475 e. The third-order valence-electron chi connectivity index (χ3n) is 4.07. The number of likely N-dealkylation sites (N-methyl/N-ethyl adjacent to an activating group) is 1. The Labute approximate surface area is 156 Å². The second-order valence-electron chi connectivity index (χ2n) is 6.29. The molecule has 4 rings (SSSR count). The fourth-order valence-electron chi connectivity index (χ4n) is 2.71. The van der Waals surface area contributed by atoms with Crippen LogP contribution in [0.4, 0.5) is 0 Å². The van der Waals surface area contributed by atoms with E-state index in [0.29, 0.717) is 34.5 Å². The minimum atomic E-state index is 0.490. The number of aromatic nitrogens is 2. The third-order valence-corrected chi connectivity index (χ3v) is 4.32. The predicted molar refractivity (Wildman–Crippen MR) is 104 cm³/mol. The Hall–Kier alpha value is -2.63. The summed E-state index contributed by atoms with van der Waals surface area (Å²) >= 11 is 5.98. The van der Waals surface area contributed by atoms with Crippen molar-refractivity contribution in [1.82, 2.24) is 14.9 Å². The molecule has 6 heteroatoms. The van der Waals surface area contributed by atoms with Gasteiger partial charge in [-0.15, -0.1) is 0 Å². The Morgan fingerprint density at radius 3 is 2.58 bits per heavy atom. The lowest BCUT2D eigenvalue weighted by Gasteiger charge is -2.11.